The molecule has 0 radical (unpaired) electrons. The molecule has 1 aromatic rings. The highest BCUT2D eigenvalue weighted by Crippen LogP contribution is 2.37. The number of halogens is 2. The minimum absolute atomic E-state index is 0.263. The Labute approximate surface area is 101 Å². The molecular weight excluding hydrogens is 225 g/mol. The van der Waals surface area contributed by atoms with Crippen molar-refractivity contribution in [3.63, 3.8) is 0 Å². The zero-order valence-electron chi connectivity index (χ0n) is 9.63. The van der Waals surface area contributed by atoms with E-state index in [0.29, 0.717) is 22.7 Å². The summed E-state index contributed by atoms with van der Waals surface area (Å²) in [6.07, 6.45) is 2.23. The number of hydrogen-bond acceptors (Lipinski definition) is 1. The van der Waals surface area contributed by atoms with Gasteiger partial charge in [-0.1, -0.05) is 31.5 Å². The van der Waals surface area contributed by atoms with Crippen LogP contribution < -0.4 is 5.32 Å². The average Bonchev–Trinajstić information content (AvgIpc) is 2.13. The third kappa shape index (κ3) is 2.32. The van der Waals surface area contributed by atoms with Crippen LogP contribution in [-0.4, -0.2) is 6.04 Å². The quantitative estimate of drug-likeness (QED) is 0.831. The van der Waals surface area contributed by atoms with Crippen LogP contribution in [0.5, 0.6) is 0 Å². The Hall–Kier alpha value is -0.760. The van der Waals surface area contributed by atoms with Crippen LogP contribution >= 0.6 is 11.6 Å². The van der Waals surface area contributed by atoms with E-state index in [9.17, 15) is 4.39 Å². The monoisotopic (exact) mass is 241 g/mol. The first kappa shape index (κ1) is 11.7. The van der Waals surface area contributed by atoms with Gasteiger partial charge in [-0.3, -0.25) is 0 Å². The van der Waals surface area contributed by atoms with Crippen LogP contribution in [0.25, 0.3) is 0 Å². The van der Waals surface area contributed by atoms with Crippen molar-refractivity contribution in [1.29, 1.82) is 0 Å². The molecule has 3 heteroatoms. The molecule has 88 valence electrons. The van der Waals surface area contributed by atoms with E-state index in [2.05, 4.69) is 19.2 Å². The fourth-order valence-corrected chi connectivity index (χ4v) is 2.38. The second kappa shape index (κ2) is 4.62. The maximum atomic E-state index is 13.5. The normalized spacial score (nSPS) is 24.3. The molecule has 0 saturated heterocycles. The molecule has 1 aliphatic carbocycles. The summed E-state index contributed by atoms with van der Waals surface area (Å²) in [6, 6.07) is 5.15. The number of benzene rings is 1. The third-order valence-corrected chi connectivity index (χ3v) is 3.74. The molecule has 0 heterocycles. The highest BCUT2D eigenvalue weighted by atomic mass is 35.5. The van der Waals surface area contributed by atoms with Crippen molar-refractivity contribution in [3.05, 3.63) is 29.0 Å². The van der Waals surface area contributed by atoms with Crippen LogP contribution in [0, 0.1) is 17.7 Å². The smallest absolute Gasteiger partial charge is 0.147 e. The zero-order valence-corrected chi connectivity index (χ0v) is 10.4. The van der Waals surface area contributed by atoms with Crippen molar-refractivity contribution >= 4 is 17.3 Å². The molecule has 0 unspecified atom stereocenters. The Kier molecular flexibility index (Phi) is 3.38. The lowest BCUT2D eigenvalue weighted by molar-refractivity contribution is 0.211. The van der Waals surface area contributed by atoms with Gasteiger partial charge in [0.15, 0.2) is 0 Å². The molecule has 1 aromatic carbocycles. The Balaban J connectivity index is 1.96. The molecule has 0 bridgehead atoms. The summed E-state index contributed by atoms with van der Waals surface area (Å²) >= 11 is 5.95. The van der Waals surface area contributed by atoms with E-state index in [-0.39, 0.29) is 5.82 Å². The molecule has 0 spiro atoms. The van der Waals surface area contributed by atoms with E-state index in [0.717, 1.165) is 18.8 Å². The van der Waals surface area contributed by atoms with Gasteiger partial charge in [0.1, 0.15) is 5.82 Å². The van der Waals surface area contributed by atoms with Gasteiger partial charge in [-0.05, 0) is 36.8 Å². The lowest BCUT2D eigenvalue weighted by atomic mass is 9.73. The minimum atomic E-state index is -0.263. The first-order valence-electron chi connectivity index (χ1n) is 5.78. The fourth-order valence-electron chi connectivity index (χ4n) is 2.16. The molecule has 0 atom stereocenters. The van der Waals surface area contributed by atoms with Gasteiger partial charge >= 0.3 is 0 Å². The van der Waals surface area contributed by atoms with Gasteiger partial charge in [0.25, 0.3) is 0 Å². The van der Waals surface area contributed by atoms with Gasteiger partial charge in [0.2, 0.25) is 0 Å². The number of para-hydroxylation sites is 1. The topological polar surface area (TPSA) is 12.0 Å². The summed E-state index contributed by atoms with van der Waals surface area (Å²) < 4.78 is 13.5. The van der Waals surface area contributed by atoms with E-state index in [1.165, 1.54) is 6.07 Å². The maximum Gasteiger partial charge on any atom is 0.147 e. The van der Waals surface area contributed by atoms with E-state index >= 15 is 0 Å². The molecule has 0 aromatic heterocycles. The summed E-state index contributed by atoms with van der Waals surface area (Å²) in [4.78, 5) is 0. The standard InChI is InChI=1S/C13H17ClFN/c1-8(2)9-6-10(7-9)16-13-11(14)4-3-5-12(13)15/h3-5,8-10,16H,6-7H2,1-2H3. The molecule has 1 aliphatic rings. The second-order valence-electron chi connectivity index (χ2n) is 4.91. The second-order valence-corrected chi connectivity index (χ2v) is 5.32. The van der Waals surface area contributed by atoms with Crippen molar-refractivity contribution < 1.29 is 4.39 Å². The summed E-state index contributed by atoms with van der Waals surface area (Å²) in [5.74, 6) is 1.22. The molecule has 1 N–H and O–H groups in total. The van der Waals surface area contributed by atoms with Crippen molar-refractivity contribution in [2.24, 2.45) is 11.8 Å². The molecule has 1 nitrogen and oxygen atoms in total. The van der Waals surface area contributed by atoms with Crippen molar-refractivity contribution in [2.75, 3.05) is 5.32 Å². The van der Waals surface area contributed by atoms with Gasteiger partial charge in [-0.15, -0.1) is 0 Å². The molecule has 1 fully saturated rings. The van der Waals surface area contributed by atoms with Gasteiger partial charge < -0.3 is 5.32 Å². The Morgan fingerprint density at radius 1 is 1.38 bits per heavy atom. The van der Waals surface area contributed by atoms with E-state index in [1.54, 1.807) is 12.1 Å². The Morgan fingerprint density at radius 2 is 2.06 bits per heavy atom. The average molecular weight is 242 g/mol. The first-order chi connectivity index (χ1) is 7.58. The molecule has 1 saturated carbocycles. The largest absolute Gasteiger partial charge is 0.379 e. The summed E-state index contributed by atoms with van der Waals surface area (Å²) in [5.41, 5.74) is 0.455. The third-order valence-electron chi connectivity index (χ3n) is 3.43. The van der Waals surface area contributed by atoms with Crippen molar-refractivity contribution in [3.8, 4) is 0 Å². The Morgan fingerprint density at radius 3 is 2.62 bits per heavy atom. The van der Waals surface area contributed by atoms with Gasteiger partial charge in [0.05, 0.1) is 10.7 Å². The first-order valence-corrected chi connectivity index (χ1v) is 6.16. The number of anilines is 1. The van der Waals surface area contributed by atoms with E-state index in [1.807, 2.05) is 0 Å². The summed E-state index contributed by atoms with van der Waals surface area (Å²) in [6.45, 7) is 4.47. The van der Waals surface area contributed by atoms with Crippen LogP contribution in [0.3, 0.4) is 0 Å². The number of nitrogens with one attached hydrogen (secondary N) is 1. The zero-order chi connectivity index (χ0) is 11.7. The van der Waals surface area contributed by atoms with E-state index < -0.39 is 0 Å². The number of hydrogen-bond donors (Lipinski definition) is 1. The van der Waals surface area contributed by atoms with Crippen LogP contribution in [-0.2, 0) is 0 Å². The summed E-state index contributed by atoms with van der Waals surface area (Å²) in [7, 11) is 0. The van der Waals surface area contributed by atoms with Gasteiger partial charge in [-0.25, -0.2) is 4.39 Å². The van der Waals surface area contributed by atoms with Crippen LogP contribution in [0.2, 0.25) is 5.02 Å². The van der Waals surface area contributed by atoms with Gasteiger partial charge in [0, 0.05) is 6.04 Å². The predicted molar refractivity (Wildman–Crippen MR) is 66.4 cm³/mol. The predicted octanol–water partition coefficient (Wildman–Crippen LogP) is 4.33. The lowest BCUT2D eigenvalue weighted by Gasteiger charge is -2.39. The fraction of sp³-hybridized carbons (Fsp3) is 0.538. The van der Waals surface area contributed by atoms with Crippen LogP contribution in [0.1, 0.15) is 26.7 Å². The summed E-state index contributed by atoms with van der Waals surface area (Å²) in [5, 5.41) is 3.66. The lowest BCUT2D eigenvalue weighted by Crippen LogP contribution is -2.38. The van der Waals surface area contributed by atoms with Crippen LogP contribution in [0.15, 0.2) is 18.2 Å². The highest BCUT2D eigenvalue weighted by Gasteiger charge is 2.31. The Bertz CT molecular complexity index is 352. The van der Waals surface area contributed by atoms with E-state index in [4.69, 9.17) is 11.6 Å². The molecule has 16 heavy (non-hydrogen) atoms. The van der Waals surface area contributed by atoms with Gasteiger partial charge in [-0.2, -0.15) is 0 Å². The maximum absolute atomic E-state index is 13.5. The molecular formula is C13H17ClFN. The van der Waals surface area contributed by atoms with Crippen molar-refractivity contribution in [1.82, 2.24) is 0 Å². The van der Waals surface area contributed by atoms with Crippen LogP contribution in [0.4, 0.5) is 10.1 Å². The molecule has 0 amide bonds. The highest BCUT2D eigenvalue weighted by molar-refractivity contribution is 6.33. The number of rotatable bonds is 3. The molecule has 0 aliphatic heterocycles. The SMILES string of the molecule is CC(C)C1CC(Nc2c(F)cccc2Cl)C1. The molecule has 2 rings (SSSR count). The minimum Gasteiger partial charge on any atom is -0.379 e. The van der Waals surface area contributed by atoms with Crippen molar-refractivity contribution in [2.45, 2.75) is 32.7 Å².